The lowest BCUT2D eigenvalue weighted by molar-refractivity contribution is 0.244. The van der Waals surface area contributed by atoms with Crippen molar-refractivity contribution in [3.63, 3.8) is 0 Å². The van der Waals surface area contributed by atoms with Gasteiger partial charge < -0.3 is 20.4 Å². The van der Waals surface area contributed by atoms with Crippen LogP contribution >= 0.6 is 0 Å². The average Bonchev–Trinajstić information content (AvgIpc) is 2.43. The molecule has 0 spiro atoms. The summed E-state index contributed by atoms with van der Waals surface area (Å²) < 4.78 is 10.9. The molecular weight excluding hydrogens is 232 g/mol. The van der Waals surface area contributed by atoms with Crippen LogP contribution in [0.5, 0.6) is 11.5 Å². The highest BCUT2D eigenvalue weighted by Crippen LogP contribution is 2.28. The number of hydrogen-bond donors (Lipinski definition) is 2. The highest BCUT2D eigenvalue weighted by atomic mass is 16.5. The van der Waals surface area contributed by atoms with Crippen LogP contribution in [0.15, 0.2) is 23.4 Å². The van der Waals surface area contributed by atoms with Crippen LogP contribution in [0.2, 0.25) is 0 Å². The minimum Gasteiger partial charge on any atom is -0.493 e. The summed E-state index contributed by atoms with van der Waals surface area (Å²) in [5.74, 6) is 1.76. The molecule has 18 heavy (non-hydrogen) atoms. The van der Waals surface area contributed by atoms with Crippen molar-refractivity contribution in [3.8, 4) is 11.5 Å². The molecule has 0 aliphatic carbocycles. The Labute approximate surface area is 107 Å². The Morgan fingerprint density at radius 2 is 2.17 bits per heavy atom. The Kier molecular flexibility index (Phi) is 5.30. The normalized spacial score (nSPS) is 13.2. The van der Waals surface area contributed by atoms with Gasteiger partial charge in [0, 0.05) is 5.56 Å². The van der Waals surface area contributed by atoms with Crippen molar-refractivity contribution in [2.45, 2.75) is 20.3 Å². The van der Waals surface area contributed by atoms with E-state index in [1.807, 2.05) is 0 Å². The molecule has 0 aliphatic rings. The zero-order chi connectivity index (χ0) is 13.5. The number of nitrogens with two attached hydrogens (primary N) is 1. The molecule has 1 rings (SSSR count). The van der Waals surface area contributed by atoms with E-state index >= 15 is 0 Å². The quantitative estimate of drug-likeness (QED) is 0.352. The number of rotatable bonds is 6. The maximum absolute atomic E-state index is 8.62. The number of benzene rings is 1. The number of amidine groups is 1. The molecule has 5 heteroatoms. The van der Waals surface area contributed by atoms with Crippen molar-refractivity contribution in [2.24, 2.45) is 16.8 Å². The molecule has 1 aromatic carbocycles. The Morgan fingerprint density at radius 3 is 2.72 bits per heavy atom. The molecule has 0 amide bonds. The predicted octanol–water partition coefficient (Wildman–Crippen LogP) is 2.21. The number of ether oxygens (including phenoxy) is 2. The Balaban J connectivity index is 2.87. The lowest BCUT2D eigenvalue weighted by atomic mass is 10.1. The van der Waals surface area contributed by atoms with Gasteiger partial charge in [-0.3, -0.25) is 0 Å². The average molecular weight is 252 g/mol. The maximum Gasteiger partial charge on any atom is 0.170 e. The fraction of sp³-hybridized carbons (Fsp3) is 0.462. The van der Waals surface area contributed by atoms with Gasteiger partial charge in [-0.05, 0) is 24.1 Å². The van der Waals surface area contributed by atoms with E-state index in [-0.39, 0.29) is 5.84 Å². The number of methoxy groups -OCH3 is 1. The summed E-state index contributed by atoms with van der Waals surface area (Å²) >= 11 is 0. The third-order valence-electron chi connectivity index (χ3n) is 2.79. The summed E-state index contributed by atoms with van der Waals surface area (Å²) in [6.45, 7) is 4.87. The molecule has 1 atom stereocenters. The molecule has 0 heterocycles. The van der Waals surface area contributed by atoms with E-state index in [9.17, 15) is 0 Å². The zero-order valence-electron chi connectivity index (χ0n) is 11.0. The molecule has 1 unspecified atom stereocenters. The van der Waals surface area contributed by atoms with Crippen molar-refractivity contribution < 1.29 is 14.7 Å². The number of nitrogens with zero attached hydrogens (tertiary/aromatic N) is 1. The summed E-state index contributed by atoms with van der Waals surface area (Å²) in [6, 6.07) is 5.17. The first kappa shape index (κ1) is 14.2. The molecule has 0 radical (unpaired) electrons. The SMILES string of the molecule is CCC(C)COc1ccc(/C(N)=N/O)cc1OC. The van der Waals surface area contributed by atoms with Crippen LogP contribution in [-0.2, 0) is 0 Å². The monoisotopic (exact) mass is 252 g/mol. The van der Waals surface area contributed by atoms with Crippen molar-refractivity contribution in [3.05, 3.63) is 23.8 Å². The molecule has 0 saturated heterocycles. The molecule has 0 aliphatic heterocycles. The van der Waals surface area contributed by atoms with Crippen LogP contribution in [0.25, 0.3) is 0 Å². The molecular formula is C13H20N2O3. The second-order valence-corrected chi connectivity index (χ2v) is 4.18. The number of oxime groups is 1. The van der Waals surface area contributed by atoms with Gasteiger partial charge in [0.2, 0.25) is 0 Å². The van der Waals surface area contributed by atoms with Crippen molar-refractivity contribution in [2.75, 3.05) is 13.7 Å². The van der Waals surface area contributed by atoms with Crippen LogP contribution in [0.4, 0.5) is 0 Å². The number of hydrogen-bond acceptors (Lipinski definition) is 4. The Hall–Kier alpha value is -1.91. The lowest BCUT2D eigenvalue weighted by Crippen LogP contribution is -2.13. The van der Waals surface area contributed by atoms with Crippen molar-refractivity contribution in [1.82, 2.24) is 0 Å². The van der Waals surface area contributed by atoms with Gasteiger partial charge in [-0.25, -0.2) is 0 Å². The lowest BCUT2D eigenvalue weighted by Gasteiger charge is -2.14. The second-order valence-electron chi connectivity index (χ2n) is 4.18. The van der Waals surface area contributed by atoms with Crippen LogP contribution in [0.3, 0.4) is 0 Å². The fourth-order valence-corrected chi connectivity index (χ4v) is 1.35. The molecule has 100 valence electrons. The molecule has 0 aromatic heterocycles. The summed E-state index contributed by atoms with van der Waals surface area (Å²) in [7, 11) is 1.56. The van der Waals surface area contributed by atoms with E-state index in [4.69, 9.17) is 20.4 Å². The van der Waals surface area contributed by atoms with Gasteiger partial charge in [0.1, 0.15) is 0 Å². The Morgan fingerprint density at radius 1 is 1.44 bits per heavy atom. The van der Waals surface area contributed by atoms with E-state index in [1.54, 1.807) is 25.3 Å². The van der Waals surface area contributed by atoms with Gasteiger partial charge in [0.25, 0.3) is 0 Å². The summed E-state index contributed by atoms with van der Waals surface area (Å²) in [6.07, 6.45) is 1.06. The molecule has 1 aromatic rings. The summed E-state index contributed by atoms with van der Waals surface area (Å²) in [5, 5.41) is 11.6. The molecule has 3 N–H and O–H groups in total. The maximum atomic E-state index is 8.62. The topological polar surface area (TPSA) is 77.1 Å². The van der Waals surface area contributed by atoms with Crippen molar-refractivity contribution in [1.29, 1.82) is 0 Å². The molecule has 0 bridgehead atoms. The Bertz CT molecular complexity index is 419. The minimum absolute atomic E-state index is 0.0433. The van der Waals surface area contributed by atoms with Gasteiger partial charge in [-0.15, -0.1) is 0 Å². The van der Waals surface area contributed by atoms with Gasteiger partial charge in [-0.1, -0.05) is 25.4 Å². The van der Waals surface area contributed by atoms with E-state index < -0.39 is 0 Å². The predicted molar refractivity (Wildman–Crippen MR) is 70.5 cm³/mol. The van der Waals surface area contributed by atoms with Gasteiger partial charge in [-0.2, -0.15) is 0 Å². The fourth-order valence-electron chi connectivity index (χ4n) is 1.35. The highest BCUT2D eigenvalue weighted by Gasteiger charge is 2.09. The third-order valence-corrected chi connectivity index (χ3v) is 2.79. The zero-order valence-corrected chi connectivity index (χ0v) is 11.0. The first-order valence-electron chi connectivity index (χ1n) is 5.91. The van der Waals surface area contributed by atoms with Gasteiger partial charge >= 0.3 is 0 Å². The van der Waals surface area contributed by atoms with Crippen LogP contribution in [0.1, 0.15) is 25.8 Å². The van der Waals surface area contributed by atoms with E-state index in [2.05, 4.69) is 19.0 Å². The van der Waals surface area contributed by atoms with Crippen LogP contribution < -0.4 is 15.2 Å². The molecule has 0 fully saturated rings. The standard InChI is InChI=1S/C13H20N2O3/c1-4-9(2)8-18-11-6-5-10(13(14)15-16)7-12(11)17-3/h5-7,9,16H,4,8H2,1-3H3,(H2,14,15). The summed E-state index contributed by atoms with van der Waals surface area (Å²) in [5.41, 5.74) is 6.10. The third kappa shape index (κ3) is 3.55. The second kappa shape index (κ2) is 6.74. The van der Waals surface area contributed by atoms with Crippen LogP contribution in [0, 0.1) is 5.92 Å². The van der Waals surface area contributed by atoms with E-state index in [0.29, 0.717) is 29.6 Å². The first-order chi connectivity index (χ1) is 8.62. The highest BCUT2D eigenvalue weighted by molar-refractivity contribution is 5.97. The van der Waals surface area contributed by atoms with Gasteiger partial charge in [0.05, 0.1) is 13.7 Å². The van der Waals surface area contributed by atoms with E-state index in [0.717, 1.165) is 6.42 Å². The largest absolute Gasteiger partial charge is 0.493 e. The minimum atomic E-state index is 0.0433. The smallest absolute Gasteiger partial charge is 0.170 e. The van der Waals surface area contributed by atoms with Gasteiger partial charge in [0.15, 0.2) is 17.3 Å². The molecule has 5 nitrogen and oxygen atoms in total. The summed E-state index contributed by atoms with van der Waals surface area (Å²) in [4.78, 5) is 0. The molecule has 0 saturated carbocycles. The van der Waals surface area contributed by atoms with Crippen LogP contribution in [-0.4, -0.2) is 24.8 Å². The van der Waals surface area contributed by atoms with Crippen molar-refractivity contribution >= 4 is 5.84 Å². The first-order valence-corrected chi connectivity index (χ1v) is 5.91. The van der Waals surface area contributed by atoms with E-state index in [1.165, 1.54) is 0 Å².